The quantitative estimate of drug-likeness (QED) is 0.854. The predicted octanol–water partition coefficient (Wildman–Crippen LogP) is 1.52. The summed E-state index contributed by atoms with van der Waals surface area (Å²) >= 11 is 0. The number of aromatic nitrogens is 2. The maximum Gasteiger partial charge on any atom is 0.336 e. The second-order valence-electron chi connectivity index (χ2n) is 4.83. The van der Waals surface area contributed by atoms with Gasteiger partial charge in [0.05, 0.1) is 5.56 Å². The molecule has 1 atom stereocenters. The Hall–Kier alpha value is -2.14. The number of rotatable bonds is 2. The molecule has 0 radical (unpaired) electrons. The van der Waals surface area contributed by atoms with E-state index >= 15 is 0 Å². The van der Waals surface area contributed by atoms with Gasteiger partial charge in [0, 0.05) is 36.5 Å². The van der Waals surface area contributed by atoms with Gasteiger partial charge in [-0.05, 0) is 12.5 Å². The summed E-state index contributed by atoms with van der Waals surface area (Å²) in [4.78, 5) is 15.7. The summed E-state index contributed by atoms with van der Waals surface area (Å²) in [6, 6.07) is 7.13. The number of hydrogen-bond acceptors (Lipinski definition) is 3. The molecule has 1 aromatic carbocycles. The van der Waals surface area contributed by atoms with Crippen LogP contribution in [0, 0.1) is 0 Å². The lowest BCUT2D eigenvalue weighted by atomic mass is 10.0. The molecule has 0 spiro atoms. The van der Waals surface area contributed by atoms with E-state index in [2.05, 4.69) is 9.55 Å². The smallest absolute Gasteiger partial charge is 0.336 e. The fourth-order valence-corrected chi connectivity index (χ4v) is 2.57. The van der Waals surface area contributed by atoms with Gasteiger partial charge < -0.3 is 15.4 Å². The molecule has 5 nitrogen and oxygen atoms in total. The molecule has 5 heteroatoms. The van der Waals surface area contributed by atoms with Crippen molar-refractivity contribution in [1.82, 2.24) is 9.55 Å². The van der Waals surface area contributed by atoms with Gasteiger partial charge in [0.2, 0.25) is 0 Å². The van der Waals surface area contributed by atoms with Crippen LogP contribution in [-0.4, -0.2) is 26.7 Å². The molecule has 0 bridgehead atoms. The van der Waals surface area contributed by atoms with Crippen molar-refractivity contribution < 1.29 is 9.90 Å². The number of aromatic carboxylic acids is 1. The van der Waals surface area contributed by atoms with Gasteiger partial charge in [-0.25, -0.2) is 9.78 Å². The molecule has 0 fully saturated rings. The number of hydrogen-bond donors (Lipinski definition) is 2. The Morgan fingerprint density at radius 1 is 1.42 bits per heavy atom. The van der Waals surface area contributed by atoms with E-state index in [9.17, 15) is 9.90 Å². The molecule has 1 aliphatic rings. The average molecular weight is 257 g/mol. The van der Waals surface area contributed by atoms with Crippen molar-refractivity contribution >= 4 is 5.97 Å². The summed E-state index contributed by atoms with van der Waals surface area (Å²) in [5, 5.41) is 9.25. The van der Waals surface area contributed by atoms with E-state index in [0.717, 1.165) is 30.9 Å². The molecule has 0 amide bonds. The maximum absolute atomic E-state index is 11.3. The van der Waals surface area contributed by atoms with Crippen LogP contribution in [0.1, 0.15) is 22.5 Å². The highest BCUT2D eigenvalue weighted by Gasteiger charge is 2.22. The van der Waals surface area contributed by atoms with Gasteiger partial charge in [0.25, 0.3) is 0 Å². The van der Waals surface area contributed by atoms with E-state index in [0.29, 0.717) is 5.56 Å². The Kier molecular flexibility index (Phi) is 2.83. The first-order chi connectivity index (χ1) is 9.16. The number of benzene rings is 1. The van der Waals surface area contributed by atoms with Crippen LogP contribution < -0.4 is 5.73 Å². The second kappa shape index (κ2) is 4.51. The van der Waals surface area contributed by atoms with Crippen LogP contribution in [0.2, 0.25) is 0 Å². The van der Waals surface area contributed by atoms with E-state index < -0.39 is 5.97 Å². The minimum atomic E-state index is -0.930. The zero-order chi connectivity index (χ0) is 13.4. The summed E-state index contributed by atoms with van der Waals surface area (Å²) in [7, 11) is 0. The Balaban J connectivity index is 2.11. The van der Waals surface area contributed by atoms with E-state index in [1.165, 1.54) is 0 Å². The van der Waals surface area contributed by atoms with Crippen molar-refractivity contribution in [2.75, 3.05) is 0 Å². The van der Waals surface area contributed by atoms with Crippen molar-refractivity contribution in [3.63, 3.8) is 0 Å². The van der Waals surface area contributed by atoms with E-state index in [1.54, 1.807) is 24.4 Å². The van der Waals surface area contributed by atoms with Crippen LogP contribution in [0.25, 0.3) is 11.4 Å². The lowest BCUT2D eigenvalue weighted by Gasteiger charge is -2.22. The molecule has 19 heavy (non-hydrogen) atoms. The van der Waals surface area contributed by atoms with Crippen molar-refractivity contribution in [2.24, 2.45) is 5.73 Å². The first-order valence-corrected chi connectivity index (χ1v) is 6.29. The summed E-state index contributed by atoms with van der Waals surface area (Å²) < 4.78 is 2.07. The van der Waals surface area contributed by atoms with Gasteiger partial charge in [0.15, 0.2) is 0 Å². The molecule has 1 unspecified atom stereocenters. The lowest BCUT2D eigenvalue weighted by molar-refractivity contribution is 0.0697. The normalized spacial score (nSPS) is 18.1. The van der Waals surface area contributed by atoms with Crippen LogP contribution in [0.5, 0.6) is 0 Å². The number of nitrogens with two attached hydrogens (primary N) is 1. The van der Waals surface area contributed by atoms with Crippen LogP contribution >= 0.6 is 0 Å². The third-order valence-corrected chi connectivity index (χ3v) is 3.53. The molecular weight excluding hydrogens is 242 g/mol. The molecule has 3 N–H and O–H groups in total. The van der Waals surface area contributed by atoms with Crippen molar-refractivity contribution in [1.29, 1.82) is 0 Å². The van der Waals surface area contributed by atoms with Crippen molar-refractivity contribution in [2.45, 2.75) is 25.4 Å². The fourth-order valence-electron chi connectivity index (χ4n) is 2.57. The number of carboxylic acids is 1. The lowest BCUT2D eigenvalue weighted by Crippen LogP contribution is -2.30. The highest BCUT2D eigenvalue weighted by atomic mass is 16.4. The molecule has 1 aliphatic heterocycles. The molecule has 2 heterocycles. The SMILES string of the molecule is NC1CCn2c(cnc2-c2ccccc2C(=O)O)C1. The number of carbonyl (C=O) groups is 1. The summed E-state index contributed by atoms with van der Waals surface area (Å²) in [5.41, 5.74) is 7.96. The van der Waals surface area contributed by atoms with Crippen molar-refractivity contribution in [3.8, 4) is 11.4 Å². The van der Waals surface area contributed by atoms with Crippen LogP contribution in [0.3, 0.4) is 0 Å². The van der Waals surface area contributed by atoms with Crippen LogP contribution in [0.4, 0.5) is 0 Å². The number of imidazole rings is 1. The molecule has 0 saturated carbocycles. The number of fused-ring (bicyclic) bond motifs is 1. The van der Waals surface area contributed by atoms with Gasteiger partial charge in [-0.2, -0.15) is 0 Å². The Morgan fingerprint density at radius 2 is 2.21 bits per heavy atom. The van der Waals surface area contributed by atoms with Crippen molar-refractivity contribution in [3.05, 3.63) is 41.7 Å². The first kappa shape index (κ1) is 11.9. The second-order valence-corrected chi connectivity index (χ2v) is 4.83. The minimum absolute atomic E-state index is 0.173. The van der Waals surface area contributed by atoms with Gasteiger partial charge in [-0.3, -0.25) is 0 Å². The molecular formula is C14H15N3O2. The Labute approximate surface area is 110 Å². The topological polar surface area (TPSA) is 81.1 Å². The van der Waals surface area contributed by atoms with Gasteiger partial charge in [0.1, 0.15) is 5.82 Å². The summed E-state index contributed by atoms with van der Waals surface area (Å²) in [5.74, 6) is -0.208. The largest absolute Gasteiger partial charge is 0.478 e. The Morgan fingerprint density at radius 3 is 3.00 bits per heavy atom. The molecule has 0 saturated heterocycles. The van der Waals surface area contributed by atoms with Gasteiger partial charge in [-0.1, -0.05) is 18.2 Å². The molecule has 1 aromatic heterocycles. The zero-order valence-corrected chi connectivity index (χ0v) is 10.4. The van der Waals surface area contributed by atoms with Crippen LogP contribution in [0.15, 0.2) is 30.5 Å². The first-order valence-electron chi connectivity index (χ1n) is 6.29. The third-order valence-electron chi connectivity index (χ3n) is 3.53. The fraction of sp³-hybridized carbons (Fsp3) is 0.286. The number of carboxylic acid groups (broad SMARTS) is 1. The number of nitrogens with zero attached hydrogens (tertiary/aromatic N) is 2. The zero-order valence-electron chi connectivity index (χ0n) is 10.4. The highest BCUT2D eigenvalue weighted by Crippen LogP contribution is 2.26. The summed E-state index contributed by atoms with van der Waals surface area (Å²) in [6.07, 6.45) is 3.49. The monoisotopic (exact) mass is 257 g/mol. The van der Waals surface area contributed by atoms with E-state index in [4.69, 9.17) is 5.73 Å². The molecule has 0 aliphatic carbocycles. The molecule has 3 rings (SSSR count). The van der Waals surface area contributed by atoms with Gasteiger partial charge in [-0.15, -0.1) is 0 Å². The highest BCUT2D eigenvalue weighted by molar-refractivity contribution is 5.95. The minimum Gasteiger partial charge on any atom is -0.478 e. The summed E-state index contributed by atoms with van der Waals surface area (Å²) in [6.45, 7) is 0.791. The standard InChI is InChI=1S/C14H15N3O2/c15-9-5-6-17-10(7-9)8-16-13(17)11-3-1-2-4-12(11)14(18)19/h1-4,8-9H,5-7,15H2,(H,18,19). The molecule has 2 aromatic rings. The molecule has 98 valence electrons. The van der Waals surface area contributed by atoms with E-state index in [-0.39, 0.29) is 11.6 Å². The van der Waals surface area contributed by atoms with Gasteiger partial charge >= 0.3 is 5.97 Å². The van der Waals surface area contributed by atoms with E-state index in [1.807, 2.05) is 6.07 Å². The average Bonchev–Trinajstić information content (AvgIpc) is 2.81. The Bertz CT molecular complexity index is 633. The van der Waals surface area contributed by atoms with Crippen LogP contribution in [-0.2, 0) is 13.0 Å². The maximum atomic E-state index is 11.3. The third kappa shape index (κ3) is 2.02. The predicted molar refractivity (Wildman–Crippen MR) is 70.9 cm³/mol.